The highest BCUT2D eigenvalue weighted by Gasteiger charge is 2.32. The lowest BCUT2D eigenvalue weighted by Gasteiger charge is -2.18. The predicted molar refractivity (Wildman–Crippen MR) is 75.3 cm³/mol. The summed E-state index contributed by atoms with van der Waals surface area (Å²) in [6, 6.07) is 3.48. The van der Waals surface area contributed by atoms with Crippen LogP contribution in [0.4, 0.5) is 4.79 Å². The number of ether oxygens (including phenoxy) is 1. The molecule has 2 rings (SSSR count). The topological polar surface area (TPSA) is 51.5 Å². The van der Waals surface area contributed by atoms with E-state index >= 15 is 0 Å². The SMILES string of the molecule is COC(=O)N1CCC(B(C)c2ccc(=O)n(C)c2)C1. The summed E-state index contributed by atoms with van der Waals surface area (Å²) >= 11 is 0. The lowest BCUT2D eigenvalue weighted by Crippen LogP contribution is -2.37. The van der Waals surface area contributed by atoms with E-state index < -0.39 is 0 Å². The van der Waals surface area contributed by atoms with E-state index in [2.05, 4.69) is 6.82 Å². The van der Waals surface area contributed by atoms with Crippen molar-refractivity contribution in [2.45, 2.75) is 19.1 Å². The number of aromatic nitrogens is 1. The average molecular weight is 262 g/mol. The molecule has 0 bridgehead atoms. The molecule has 0 N–H and O–H groups in total. The van der Waals surface area contributed by atoms with Crippen molar-refractivity contribution >= 4 is 18.3 Å². The van der Waals surface area contributed by atoms with E-state index in [0.29, 0.717) is 12.5 Å². The fraction of sp³-hybridized carbons (Fsp3) is 0.538. The number of hydrogen-bond acceptors (Lipinski definition) is 3. The zero-order valence-electron chi connectivity index (χ0n) is 11.6. The van der Waals surface area contributed by atoms with E-state index in [4.69, 9.17) is 4.74 Å². The Kier molecular flexibility index (Phi) is 3.97. The molecule has 1 aliphatic heterocycles. The minimum atomic E-state index is -0.254. The molecule has 1 saturated heterocycles. The molecule has 1 aliphatic rings. The molecule has 5 nitrogen and oxygen atoms in total. The lowest BCUT2D eigenvalue weighted by atomic mass is 9.39. The van der Waals surface area contributed by atoms with Crippen LogP contribution >= 0.6 is 0 Å². The second kappa shape index (κ2) is 5.51. The van der Waals surface area contributed by atoms with Gasteiger partial charge in [-0.1, -0.05) is 18.4 Å². The maximum absolute atomic E-state index is 11.5. The first-order chi connectivity index (χ1) is 9.02. The monoisotopic (exact) mass is 262 g/mol. The average Bonchev–Trinajstić information content (AvgIpc) is 2.89. The van der Waals surface area contributed by atoms with Gasteiger partial charge < -0.3 is 14.2 Å². The number of rotatable bonds is 2. The molecule has 1 aromatic heterocycles. The number of carbonyl (C=O) groups is 1. The Balaban J connectivity index is 2.08. The van der Waals surface area contributed by atoms with Crippen LogP contribution in [0, 0.1) is 0 Å². The molecule has 102 valence electrons. The third kappa shape index (κ3) is 2.83. The van der Waals surface area contributed by atoms with Crippen LogP contribution in [0.15, 0.2) is 23.1 Å². The largest absolute Gasteiger partial charge is 0.453 e. The number of likely N-dealkylation sites (tertiary alicyclic amines) is 1. The first-order valence-electron chi connectivity index (χ1n) is 6.52. The van der Waals surface area contributed by atoms with Gasteiger partial charge in [0.1, 0.15) is 0 Å². The number of hydrogen-bond donors (Lipinski definition) is 0. The van der Waals surface area contributed by atoms with Crippen LogP contribution in [0.2, 0.25) is 12.6 Å². The van der Waals surface area contributed by atoms with Gasteiger partial charge in [0.15, 0.2) is 6.71 Å². The molecule has 19 heavy (non-hydrogen) atoms. The van der Waals surface area contributed by atoms with E-state index in [1.807, 2.05) is 12.3 Å². The highest BCUT2D eigenvalue weighted by molar-refractivity contribution is 6.73. The number of aryl methyl sites for hydroxylation is 1. The lowest BCUT2D eigenvalue weighted by molar-refractivity contribution is 0.133. The number of methoxy groups -OCH3 is 1. The van der Waals surface area contributed by atoms with Crippen LogP contribution in [-0.4, -0.2) is 42.5 Å². The molecule has 1 fully saturated rings. The summed E-state index contributed by atoms with van der Waals surface area (Å²) < 4.78 is 6.34. The van der Waals surface area contributed by atoms with Crippen molar-refractivity contribution in [1.82, 2.24) is 9.47 Å². The van der Waals surface area contributed by atoms with Crippen molar-refractivity contribution in [3.63, 3.8) is 0 Å². The van der Waals surface area contributed by atoms with Gasteiger partial charge in [0.2, 0.25) is 5.56 Å². The molecule has 2 heterocycles. The Morgan fingerprint density at radius 2 is 2.21 bits per heavy atom. The van der Waals surface area contributed by atoms with Gasteiger partial charge in [-0.2, -0.15) is 0 Å². The molecule has 0 spiro atoms. The summed E-state index contributed by atoms with van der Waals surface area (Å²) in [6.07, 6.45) is 2.60. The highest BCUT2D eigenvalue weighted by Crippen LogP contribution is 2.25. The van der Waals surface area contributed by atoms with Crippen molar-refractivity contribution in [2.75, 3.05) is 20.2 Å². The highest BCUT2D eigenvalue weighted by atomic mass is 16.5. The second-order valence-electron chi connectivity index (χ2n) is 5.17. The Hall–Kier alpha value is -1.72. The summed E-state index contributed by atoms with van der Waals surface area (Å²) in [5.74, 6) is 0.414. The Morgan fingerprint density at radius 3 is 2.84 bits per heavy atom. The van der Waals surface area contributed by atoms with Crippen molar-refractivity contribution in [3.05, 3.63) is 28.7 Å². The van der Waals surface area contributed by atoms with Gasteiger partial charge in [0, 0.05) is 32.4 Å². The molecular weight excluding hydrogens is 243 g/mol. The van der Waals surface area contributed by atoms with Gasteiger partial charge >= 0.3 is 6.09 Å². The molecule has 0 radical (unpaired) electrons. The van der Waals surface area contributed by atoms with E-state index in [-0.39, 0.29) is 11.7 Å². The Morgan fingerprint density at radius 1 is 1.47 bits per heavy atom. The number of carbonyl (C=O) groups excluding carboxylic acids is 1. The van der Waals surface area contributed by atoms with Crippen LogP contribution in [0.1, 0.15) is 6.42 Å². The molecule has 0 saturated carbocycles. The normalized spacial score (nSPS) is 18.5. The van der Waals surface area contributed by atoms with E-state index in [0.717, 1.165) is 25.0 Å². The van der Waals surface area contributed by atoms with Crippen molar-refractivity contribution in [1.29, 1.82) is 0 Å². The first kappa shape index (κ1) is 13.7. The van der Waals surface area contributed by atoms with Crippen molar-refractivity contribution < 1.29 is 9.53 Å². The summed E-state index contributed by atoms with van der Waals surface area (Å²) in [7, 11) is 3.17. The summed E-state index contributed by atoms with van der Waals surface area (Å²) in [5.41, 5.74) is 1.14. The van der Waals surface area contributed by atoms with Gasteiger partial charge in [-0.15, -0.1) is 0 Å². The number of pyridine rings is 1. The van der Waals surface area contributed by atoms with Crippen LogP contribution in [-0.2, 0) is 11.8 Å². The van der Waals surface area contributed by atoms with Gasteiger partial charge in [0.05, 0.1) is 7.11 Å². The van der Waals surface area contributed by atoms with Crippen LogP contribution < -0.4 is 11.0 Å². The standard InChI is InChI=1S/C13H19BN2O3/c1-14(10-4-5-12(17)15(2)8-10)11-6-7-16(9-11)13(18)19-3/h4-5,8,11H,6-7,9H2,1-3H3. The van der Waals surface area contributed by atoms with Crippen molar-refractivity contribution in [2.24, 2.45) is 7.05 Å². The molecule has 0 aliphatic carbocycles. The van der Waals surface area contributed by atoms with E-state index in [1.165, 1.54) is 7.11 Å². The Bertz CT molecular complexity index is 529. The third-order valence-electron chi connectivity index (χ3n) is 4.00. The molecule has 1 atom stereocenters. The molecule has 0 aromatic carbocycles. The van der Waals surface area contributed by atoms with Crippen LogP contribution in [0.25, 0.3) is 0 Å². The zero-order valence-corrected chi connectivity index (χ0v) is 11.6. The van der Waals surface area contributed by atoms with Gasteiger partial charge in [-0.05, 0) is 12.2 Å². The first-order valence-corrected chi connectivity index (χ1v) is 6.52. The second-order valence-corrected chi connectivity index (χ2v) is 5.17. The summed E-state index contributed by atoms with van der Waals surface area (Å²) in [4.78, 5) is 24.6. The van der Waals surface area contributed by atoms with Gasteiger partial charge in [-0.3, -0.25) is 4.79 Å². The predicted octanol–water partition coefficient (Wildman–Crippen LogP) is 0.559. The summed E-state index contributed by atoms with van der Waals surface area (Å²) in [5, 5.41) is 0. The smallest absolute Gasteiger partial charge is 0.409 e. The maximum Gasteiger partial charge on any atom is 0.409 e. The fourth-order valence-electron chi connectivity index (χ4n) is 2.65. The van der Waals surface area contributed by atoms with Crippen LogP contribution in [0.3, 0.4) is 0 Å². The number of amides is 1. The van der Waals surface area contributed by atoms with Gasteiger partial charge in [0.25, 0.3) is 0 Å². The van der Waals surface area contributed by atoms with E-state index in [1.54, 1.807) is 22.6 Å². The summed E-state index contributed by atoms with van der Waals surface area (Å²) in [6.45, 7) is 3.93. The fourth-order valence-corrected chi connectivity index (χ4v) is 2.65. The quantitative estimate of drug-likeness (QED) is 0.732. The molecule has 6 heteroatoms. The maximum atomic E-state index is 11.5. The molecule has 1 unspecified atom stereocenters. The minimum absolute atomic E-state index is 0.00133. The van der Waals surface area contributed by atoms with Gasteiger partial charge in [-0.25, -0.2) is 4.79 Å². The molecular formula is C13H19BN2O3. The third-order valence-corrected chi connectivity index (χ3v) is 4.00. The van der Waals surface area contributed by atoms with E-state index in [9.17, 15) is 9.59 Å². The van der Waals surface area contributed by atoms with Crippen LogP contribution in [0.5, 0.6) is 0 Å². The zero-order chi connectivity index (χ0) is 14.0. The Labute approximate surface area is 113 Å². The van der Waals surface area contributed by atoms with Crippen molar-refractivity contribution in [3.8, 4) is 0 Å². The molecule has 1 amide bonds. The molecule has 1 aromatic rings. The minimum Gasteiger partial charge on any atom is -0.453 e. The number of nitrogens with zero attached hydrogens (tertiary/aromatic N) is 2.